The van der Waals surface area contributed by atoms with Crippen LogP contribution in [0.1, 0.15) is 84.8 Å². The van der Waals surface area contributed by atoms with E-state index in [9.17, 15) is 9.59 Å². The van der Waals surface area contributed by atoms with E-state index in [4.69, 9.17) is 13.9 Å². The Bertz CT molecular complexity index is 1290. The molecule has 1 aromatic heterocycles. The molecule has 6 heteroatoms. The molecular weight excluding hydrogens is 442 g/mol. The second kappa shape index (κ2) is 10.5. The van der Waals surface area contributed by atoms with Crippen molar-refractivity contribution in [2.24, 2.45) is 0 Å². The predicted octanol–water partition coefficient (Wildman–Crippen LogP) is 6.33. The van der Waals surface area contributed by atoms with Gasteiger partial charge >= 0.3 is 0 Å². The highest BCUT2D eigenvalue weighted by Crippen LogP contribution is 2.41. The van der Waals surface area contributed by atoms with E-state index in [-0.39, 0.29) is 17.1 Å². The van der Waals surface area contributed by atoms with E-state index < -0.39 is 6.04 Å². The van der Waals surface area contributed by atoms with Gasteiger partial charge in [-0.05, 0) is 61.6 Å². The molecule has 0 saturated carbocycles. The van der Waals surface area contributed by atoms with Crippen LogP contribution in [0.3, 0.4) is 0 Å². The molecule has 1 aliphatic heterocycles. The second-order valence-corrected chi connectivity index (χ2v) is 9.35. The van der Waals surface area contributed by atoms with Gasteiger partial charge in [-0.1, -0.05) is 45.2 Å². The van der Waals surface area contributed by atoms with Crippen molar-refractivity contribution >= 4 is 16.9 Å². The number of fused-ring (bicyclic) bond motifs is 2. The zero-order valence-electron chi connectivity index (χ0n) is 21.4. The molecular formula is C29H35NO5. The monoisotopic (exact) mass is 477 g/mol. The first-order valence-electron chi connectivity index (χ1n) is 12.6. The van der Waals surface area contributed by atoms with Gasteiger partial charge in [0.25, 0.3) is 5.91 Å². The molecule has 0 bridgehead atoms. The fourth-order valence-corrected chi connectivity index (χ4v) is 4.93. The molecule has 1 amide bonds. The summed E-state index contributed by atoms with van der Waals surface area (Å²) in [6.45, 7) is 9.26. The summed E-state index contributed by atoms with van der Waals surface area (Å²) in [6, 6.07) is 8.95. The number of amides is 1. The van der Waals surface area contributed by atoms with Crippen molar-refractivity contribution in [3.8, 4) is 11.5 Å². The van der Waals surface area contributed by atoms with Gasteiger partial charge in [0.05, 0.1) is 30.7 Å². The number of ether oxygens (including phenoxy) is 2. The number of carbonyl (C=O) groups excluding carboxylic acids is 1. The number of hydrogen-bond acceptors (Lipinski definition) is 5. The van der Waals surface area contributed by atoms with E-state index in [1.54, 1.807) is 12.0 Å². The molecule has 1 unspecified atom stereocenters. The Morgan fingerprint density at radius 1 is 0.971 bits per heavy atom. The summed E-state index contributed by atoms with van der Waals surface area (Å²) in [5.41, 5.74) is 3.37. The molecule has 2 aromatic carbocycles. The second-order valence-electron chi connectivity index (χ2n) is 9.35. The Labute approximate surface area is 206 Å². The van der Waals surface area contributed by atoms with Crippen LogP contribution in [0.5, 0.6) is 11.5 Å². The number of aryl methyl sites for hydroxylation is 2. The standard InChI is InChI=1S/C29H35NO5/c1-6-8-10-14-34-21-12-11-20(17-22(21)33-5)26-25-27(31)24-19(4)15-18(3)16-23(24)35-28(25)29(32)30(26)13-9-7-2/h11-12,15-17,26H,6-10,13-14H2,1-5H3. The minimum Gasteiger partial charge on any atom is -0.493 e. The average Bonchev–Trinajstić information content (AvgIpc) is 3.11. The van der Waals surface area contributed by atoms with Crippen molar-refractivity contribution < 1.29 is 18.7 Å². The van der Waals surface area contributed by atoms with Crippen molar-refractivity contribution in [2.45, 2.75) is 65.8 Å². The smallest absolute Gasteiger partial charge is 0.290 e. The quantitative estimate of drug-likeness (QED) is 0.319. The lowest BCUT2D eigenvalue weighted by Crippen LogP contribution is -2.30. The van der Waals surface area contributed by atoms with Gasteiger partial charge < -0.3 is 18.8 Å². The summed E-state index contributed by atoms with van der Waals surface area (Å²) < 4.78 is 17.7. The number of hydrogen-bond donors (Lipinski definition) is 0. The van der Waals surface area contributed by atoms with Crippen LogP contribution < -0.4 is 14.9 Å². The van der Waals surface area contributed by atoms with Gasteiger partial charge in [-0.3, -0.25) is 9.59 Å². The van der Waals surface area contributed by atoms with Gasteiger partial charge in [0, 0.05) is 6.54 Å². The molecule has 6 nitrogen and oxygen atoms in total. The van der Waals surface area contributed by atoms with E-state index in [1.807, 2.05) is 44.2 Å². The van der Waals surface area contributed by atoms with Crippen molar-refractivity contribution in [1.82, 2.24) is 4.90 Å². The molecule has 0 radical (unpaired) electrons. The van der Waals surface area contributed by atoms with E-state index in [0.717, 1.165) is 48.8 Å². The molecule has 0 N–H and O–H groups in total. The van der Waals surface area contributed by atoms with Crippen LogP contribution in [0.25, 0.3) is 11.0 Å². The topological polar surface area (TPSA) is 69.0 Å². The van der Waals surface area contributed by atoms with Crippen LogP contribution in [0.15, 0.2) is 39.5 Å². The lowest BCUT2D eigenvalue weighted by molar-refractivity contribution is 0.0725. The lowest BCUT2D eigenvalue weighted by Gasteiger charge is -2.25. The van der Waals surface area contributed by atoms with Gasteiger partial charge in [0.15, 0.2) is 16.9 Å². The molecule has 3 aromatic rings. The maximum atomic E-state index is 13.8. The maximum absolute atomic E-state index is 13.8. The van der Waals surface area contributed by atoms with Gasteiger partial charge in [0.2, 0.25) is 5.76 Å². The summed E-state index contributed by atoms with van der Waals surface area (Å²) in [5.74, 6) is 1.16. The summed E-state index contributed by atoms with van der Waals surface area (Å²) in [6.07, 6.45) is 4.97. The van der Waals surface area contributed by atoms with Gasteiger partial charge in [-0.2, -0.15) is 0 Å². The molecule has 1 atom stereocenters. The van der Waals surface area contributed by atoms with Crippen molar-refractivity contribution in [3.63, 3.8) is 0 Å². The van der Waals surface area contributed by atoms with Crippen LogP contribution in [0.4, 0.5) is 0 Å². The van der Waals surface area contributed by atoms with Crippen molar-refractivity contribution in [2.75, 3.05) is 20.3 Å². The van der Waals surface area contributed by atoms with Crippen LogP contribution in [-0.4, -0.2) is 31.1 Å². The highest BCUT2D eigenvalue weighted by Gasteiger charge is 2.42. The molecule has 186 valence electrons. The molecule has 0 saturated heterocycles. The van der Waals surface area contributed by atoms with Crippen molar-refractivity contribution in [1.29, 1.82) is 0 Å². The Hall–Kier alpha value is -3.28. The zero-order chi connectivity index (χ0) is 25.1. The van der Waals surface area contributed by atoms with Crippen LogP contribution in [-0.2, 0) is 0 Å². The maximum Gasteiger partial charge on any atom is 0.290 e. The first kappa shape index (κ1) is 24.8. The lowest BCUT2D eigenvalue weighted by atomic mass is 9.96. The number of rotatable bonds is 10. The van der Waals surface area contributed by atoms with Gasteiger partial charge in [0.1, 0.15) is 5.58 Å². The number of benzene rings is 2. The summed E-state index contributed by atoms with van der Waals surface area (Å²) in [4.78, 5) is 29.1. The molecule has 1 aliphatic rings. The molecule has 0 fully saturated rings. The third kappa shape index (κ3) is 4.66. The highest BCUT2D eigenvalue weighted by atomic mass is 16.5. The molecule has 35 heavy (non-hydrogen) atoms. The SMILES string of the molecule is CCCCCOc1ccc(C2c3c(oc4cc(C)cc(C)c4c3=O)C(=O)N2CCCC)cc1OC. The first-order valence-corrected chi connectivity index (χ1v) is 12.6. The van der Waals surface area contributed by atoms with Crippen LogP contribution in [0, 0.1) is 13.8 Å². The number of nitrogens with zero attached hydrogens (tertiary/aromatic N) is 1. The van der Waals surface area contributed by atoms with E-state index >= 15 is 0 Å². The third-order valence-corrected chi connectivity index (χ3v) is 6.67. The number of methoxy groups -OCH3 is 1. The highest BCUT2D eigenvalue weighted by molar-refractivity contribution is 5.99. The Balaban J connectivity index is 1.84. The Morgan fingerprint density at radius 2 is 1.74 bits per heavy atom. The summed E-state index contributed by atoms with van der Waals surface area (Å²) >= 11 is 0. The molecule has 4 rings (SSSR count). The summed E-state index contributed by atoms with van der Waals surface area (Å²) in [7, 11) is 1.61. The normalized spacial score (nSPS) is 15.1. The minimum atomic E-state index is -0.534. The van der Waals surface area contributed by atoms with Crippen LogP contribution >= 0.6 is 0 Å². The minimum absolute atomic E-state index is 0.144. The Kier molecular flexibility index (Phi) is 7.48. The van der Waals surface area contributed by atoms with Crippen molar-refractivity contribution in [3.05, 3.63) is 68.6 Å². The fourth-order valence-electron chi connectivity index (χ4n) is 4.93. The fraction of sp³-hybridized carbons (Fsp3) is 0.448. The molecule has 0 aliphatic carbocycles. The summed E-state index contributed by atoms with van der Waals surface area (Å²) in [5, 5.41) is 0.535. The number of unbranched alkanes of at least 4 members (excludes halogenated alkanes) is 3. The van der Waals surface area contributed by atoms with Gasteiger partial charge in [-0.15, -0.1) is 0 Å². The predicted molar refractivity (Wildman–Crippen MR) is 138 cm³/mol. The van der Waals surface area contributed by atoms with E-state index in [2.05, 4.69) is 13.8 Å². The third-order valence-electron chi connectivity index (χ3n) is 6.67. The molecule has 0 spiro atoms. The Morgan fingerprint density at radius 3 is 2.46 bits per heavy atom. The van der Waals surface area contributed by atoms with E-state index in [0.29, 0.717) is 41.2 Å². The zero-order valence-corrected chi connectivity index (χ0v) is 21.4. The number of carbonyl (C=O) groups is 1. The largest absolute Gasteiger partial charge is 0.493 e. The van der Waals surface area contributed by atoms with Gasteiger partial charge in [-0.25, -0.2) is 0 Å². The molecule has 2 heterocycles. The first-order chi connectivity index (χ1) is 16.9. The van der Waals surface area contributed by atoms with E-state index in [1.165, 1.54) is 0 Å². The average molecular weight is 478 g/mol. The van der Waals surface area contributed by atoms with Crippen LogP contribution in [0.2, 0.25) is 0 Å².